The van der Waals surface area contributed by atoms with E-state index in [-0.39, 0.29) is 22.5 Å². The molecule has 7 heteroatoms. The summed E-state index contributed by atoms with van der Waals surface area (Å²) in [6.07, 6.45) is 0. The highest BCUT2D eigenvalue weighted by molar-refractivity contribution is 5.81. The lowest BCUT2D eigenvalue weighted by Crippen LogP contribution is -2.33. The van der Waals surface area contributed by atoms with Crippen LogP contribution in [-0.4, -0.2) is 4.68 Å². The maximum Gasteiger partial charge on any atom is 0.289 e. The molecule has 0 aliphatic rings. The van der Waals surface area contributed by atoms with E-state index in [1.807, 2.05) is 42.5 Å². The van der Waals surface area contributed by atoms with Crippen LogP contribution in [0.2, 0.25) is 0 Å². The number of nitriles is 2. The van der Waals surface area contributed by atoms with Crippen molar-refractivity contribution in [3.8, 4) is 29.0 Å². The Morgan fingerprint density at radius 2 is 1.70 bits per heavy atom. The molecule has 0 radical (unpaired) electrons. The van der Waals surface area contributed by atoms with Gasteiger partial charge in [-0.1, -0.05) is 42.5 Å². The molecule has 27 heavy (non-hydrogen) atoms. The number of rotatable bonds is 4. The van der Waals surface area contributed by atoms with Crippen molar-refractivity contribution in [3.63, 3.8) is 0 Å². The van der Waals surface area contributed by atoms with E-state index in [1.54, 1.807) is 24.3 Å². The fourth-order valence-electron chi connectivity index (χ4n) is 2.70. The molecule has 4 N–H and O–H groups in total. The van der Waals surface area contributed by atoms with Crippen LogP contribution < -0.4 is 21.9 Å². The molecular formula is C20H15N5O2. The summed E-state index contributed by atoms with van der Waals surface area (Å²) in [6, 6.07) is 20.2. The average Bonchev–Trinajstić information content (AvgIpc) is 2.71. The normalized spacial score (nSPS) is 10.0. The van der Waals surface area contributed by atoms with Crippen LogP contribution in [0.5, 0.6) is 5.75 Å². The standard InChI is InChI=1S/C20H15N5O2/c21-10-16-18(17(11-22)20(26)25(24)19(16)23)14-7-4-8-15(9-14)27-12-13-5-2-1-3-6-13/h1-9H,12,23-24H2. The van der Waals surface area contributed by atoms with Gasteiger partial charge in [0.1, 0.15) is 41.4 Å². The zero-order chi connectivity index (χ0) is 19.4. The largest absolute Gasteiger partial charge is 0.489 e. The molecule has 0 unspecified atom stereocenters. The van der Waals surface area contributed by atoms with E-state index < -0.39 is 5.56 Å². The Morgan fingerprint density at radius 1 is 1.00 bits per heavy atom. The minimum absolute atomic E-state index is 0.0335. The first-order valence-electron chi connectivity index (χ1n) is 7.97. The quantitative estimate of drug-likeness (QED) is 0.688. The molecule has 0 spiro atoms. The maximum atomic E-state index is 12.3. The predicted molar refractivity (Wildman–Crippen MR) is 101 cm³/mol. The Hall–Kier alpha value is -4.23. The number of benzene rings is 2. The van der Waals surface area contributed by atoms with Gasteiger partial charge in [-0.3, -0.25) is 4.79 Å². The van der Waals surface area contributed by atoms with Crippen LogP contribution >= 0.6 is 0 Å². The molecule has 0 fully saturated rings. The lowest BCUT2D eigenvalue weighted by Gasteiger charge is -2.13. The van der Waals surface area contributed by atoms with Gasteiger partial charge in [0, 0.05) is 5.56 Å². The van der Waals surface area contributed by atoms with E-state index >= 15 is 0 Å². The van der Waals surface area contributed by atoms with Gasteiger partial charge in [0.25, 0.3) is 5.56 Å². The third-order valence-electron chi connectivity index (χ3n) is 4.04. The van der Waals surface area contributed by atoms with Crippen LogP contribution in [0.15, 0.2) is 59.4 Å². The summed E-state index contributed by atoms with van der Waals surface area (Å²) in [7, 11) is 0. The smallest absolute Gasteiger partial charge is 0.289 e. The molecule has 0 bridgehead atoms. The third kappa shape index (κ3) is 3.30. The highest BCUT2D eigenvalue weighted by Gasteiger charge is 2.21. The molecule has 0 amide bonds. The van der Waals surface area contributed by atoms with Crippen molar-refractivity contribution in [1.82, 2.24) is 4.68 Å². The number of hydrogen-bond acceptors (Lipinski definition) is 6. The number of nitrogens with two attached hydrogens (primary N) is 2. The van der Waals surface area contributed by atoms with Gasteiger partial charge in [0.15, 0.2) is 0 Å². The van der Waals surface area contributed by atoms with Gasteiger partial charge in [-0.2, -0.15) is 10.5 Å². The molecular weight excluding hydrogens is 342 g/mol. The third-order valence-corrected chi connectivity index (χ3v) is 4.04. The van der Waals surface area contributed by atoms with Gasteiger partial charge in [0.05, 0.1) is 0 Å². The second-order valence-corrected chi connectivity index (χ2v) is 5.71. The van der Waals surface area contributed by atoms with Gasteiger partial charge in [0.2, 0.25) is 0 Å². The van der Waals surface area contributed by atoms with E-state index in [4.69, 9.17) is 16.3 Å². The molecule has 1 heterocycles. The topological polar surface area (TPSA) is 131 Å². The van der Waals surface area contributed by atoms with Crippen molar-refractivity contribution in [2.75, 3.05) is 11.6 Å². The Kier molecular flexibility index (Phi) is 4.78. The second kappa shape index (κ2) is 7.34. The summed E-state index contributed by atoms with van der Waals surface area (Å²) < 4.78 is 6.39. The van der Waals surface area contributed by atoms with Crippen molar-refractivity contribution in [3.05, 3.63) is 81.6 Å². The first-order chi connectivity index (χ1) is 13.1. The fourth-order valence-corrected chi connectivity index (χ4v) is 2.70. The summed E-state index contributed by atoms with van der Waals surface area (Å²) >= 11 is 0. The summed E-state index contributed by atoms with van der Waals surface area (Å²) in [6.45, 7) is 0.354. The number of ether oxygens (including phenoxy) is 1. The summed E-state index contributed by atoms with van der Waals surface area (Å²) in [5, 5.41) is 18.9. The molecule has 7 nitrogen and oxygen atoms in total. The van der Waals surface area contributed by atoms with E-state index in [0.29, 0.717) is 22.6 Å². The summed E-state index contributed by atoms with van der Waals surface area (Å²) in [5.74, 6) is 5.90. The van der Waals surface area contributed by atoms with Crippen LogP contribution in [0.25, 0.3) is 11.1 Å². The minimum atomic E-state index is -0.764. The fraction of sp³-hybridized carbons (Fsp3) is 0.0500. The molecule has 132 valence electrons. The molecule has 0 atom stereocenters. The molecule has 3 aromatic rings. The number of hydrogen-bond donors (Lipinski definition) is 2. The predicted octanol–water partition coefficient (Wildman–Crippen LogP) is 2.13. The minimum Gasteiger partial charge on any atom is -0.489 e. The molecule has 0 aliphatic heterocycles. The van der Waals surface area contributed by atoms with Crippen LogP contribution in [0, 0.1) is 22.7 Å². The lowest BCUT2D eigenvalue weighted by molar-refractivity contribution is 0.306. The monoisotopic (exact) mass is 357 g/mol. The van der Waals surface area contributed by atoms with E-state index in [0.717, 1.165) is 5.56 Å². The highest BCUT2D eigenvalue weighted by Crippen LogP contribution is 2.31. The number of pyridine rings is 1. The van der Waals surface area contributed by atoms with Crippen LogP contribution in [0.1, 0.15) is 16.7 Å². The highest BCUT2D eigenvalue weighted by atomic mass is 16.5. The summed E-state index contributed by atoms with van der Waals surface area (Å²) in [4.78, 5) is 12.3. The molecule has 1 aromatic heterocycles. The maximum absolute atomic E-state index is 12.3. The molecule has 0 aliphatic carbocycles. The van der Waals surface area contributed by atoms with Gasteiger partial charge in [-0.25, -0.2) is 4.68 Å². The summed E-state index contributed by atoms with van der Waals surface area (Å²) in [5.41, 5.74) is 6.37. The van der Waals surface area contributed by atoms with Crippen molar-refractivity contribution in [2.24, 2.45) is 0 Å². The van der Waals surface area contributed by atoms with E-state index in [9.17, 15) is 15.3 Å². The van der Waals surface area contributed by atoms with Crippen molar-refractivity contribution in [1.29, 1.82) is 10.5 Å². The SMILES string of the molecule is N#Cc1c(-c2cccc(OCc3ccccc3)c2)c(C#N)c(=O)n(N)c1N. The van der Waals surface area contributed by atoms with Crippen molar-refractivity contribution < 1.29 is 4.74 Å². The second-order valence-electron chi connectivity index (χ2n) is 5.71. The Balaban J connectivity index is 2.07. The van der Waals surface area contributed by atoms with Crippen molar-refractivity contribution in [2.45, 2.75) is 6.61 Å². The van der Waals surface area contributed by atoms with E-state index in [2.05, 4.69) is 0 Å². The molecule has 3 rings (SSSR count). The van der Waals surface area contributed by atoms with Gasteiger partial charge >= 0.3 is 0 Å². The van der Waals surface area contributed by atoms with Gasteiger partial charge in [-0.05, 0) is 23.3 Å². The van der Waals surface area contributed by atoms with E-state index in [1.165, 1.54) is 0 Å². The number of nitrogen functional groups attached to an aromatic ring is 2. The van der Waals surface area contributed by atoms with Crippen LogP contribution in [0.3, 0.4) is 0 Å². The zero-order valence-electron chi connectivity index (χ0n) is 14.2. The molecule has 0 saturated heterocycles. The number of nitrogens with zero attached hydrogens (tertiary/aromatic N) is 3. The Labute approximate surface area is 155 Å². The van der Waals surface area contributed by atoms with Crippen LogP contribution in [-0.2, 0) is 6.61 Å². The first-order valence-corrected chi connectivity index (χ1v) is 7.97. The molecule has 0 saturated carbocycles. The van der Waals surface area contributed by atoms with Gasteiger partial charge < -0.3 is 16.3 Å². The Morgan fingerprint density at radius 3 is 2.37 bits per heavy atom. The number of anilines is 1. The average molecular weight is 357 g/mol. The molecule has 2 aromatic carbocycles. The first kappa shape index (κ1) is 17.6. The van der Waals surface area contributed by atoms with Crippen LogP contribution in [0.4, 0.5) is 5.82 Å². The Bertz CT molecular complexity index is 1140. The lowest BCUT2D eigenvalue weighted by atomic mass is 9.96. The van der Waals surface area contributed by atoms with Crippen molar-refractivity contribution >= 4 is 5.82 Å². The van der Waals surface area contributed by atoms with Gasteiger partial charge in [-0.15, -0.1) is 0 Å². The number of aromatic nitrogens is 1. The zero-order valence-corrected chi connectivity index (χ0v) is 14.2.